The summed E-state index contributed by atoms with van der Waals surface area (Å²) in [4.78, 5) is 17.4. The lowest BCUT2D eigenvalue weighted by Gasteiger charge is -2.18. The first-order valence-corrected chi connectivity index (χ1v) is 13.6. The molecule has 0 aliphatic heterocycles. The molecule has 196 valence electrons. The maximum absolute atomic E-state index is 5.05. The molecule has 1 aromatic carbocycles. The third kappa shape index (κ3) is 4.72. The summed E-state index contributed by atoms with van der Waals surface area (Å²) in [5, 5.41) is 11.4. The molecule has 0 saturated carbocycles. The van der Waals surface area contributed by atoms with Crippen LogP contribution in [0.5, 0.6) is 0 Å². The van der Waals surface area contributed by atoms with E-state index in [1.165, 1.54) is 28.0 Å². The smallest absolute Gasteiger partial charge is 0.135 e. The van der Waals surface area contributed by atoms with E-state index in [2.05, 4.69) is 92.0 Å². The molecule has 0 saturated heterocycles. The largest absolute Gasteiger partial charge is 0.356 e. The lowest BCUT2D eigenvalue weighted by atomic mass is 9.87. The number of H-pyrrole nitrogens is 2. The first-order chi connectivity index (χ1) is 19.7. The summed E-state index contributed by atoms with van der Waals surface area (Å²) in [7, 11) is 0. The third-order valence-electron chi connectivity index (χ3n) is 7.41. The highest BCUT2D eigenvalue weighted by Gasteiger charge is 2.23. The standard InChI is InChI=1S/C33H29N7/c1-21-13-26(24-9-11-34-12-10-24)27-16-31(37-30(27)14-21)33-32-29(39-40-33)8-7-28(38-32)25-15-23(19-36-20-25)18-35-17-22-5-3-2-4-6-22/h2-13,15-16,19-21,35,37H,14,17-18H2,1H3,(H,39,40). The first-order valence-electron chi connectivity index (χ1n) is 13.6. The van der Waals surface area contributed by atoms with Crippen LogP contribution in [0.3, 0.4) is 0 Å². The van der Waals surface area contributed by atoms with Gasteiger partial charge < -0.3 is 10.3 Å². The average molecular weight is 524 g/mol. The molecule has 7 rings (SSSR count). The van der Waals surface area contributed by atoms with Gasteiger partial charge in [-0.2, -0.15) is 5.10 Å². The minimum absolute atomic E-state index is 0.435. The number of allylic oxidation sites excluding steroid dienone is 1. The van der Waals surface area contributed by atoms with E-state index < -0.39 is 0 Å². The zero-order valence-electron chi connectivity index (χ0n) is 22.2. The van der Waals surface area contributed by atoms with Crippen LogP contribution in [0.4, 0.5) is 0 Å². The summed E-state index contributed by atoms with van der Waals surface area (Å²) < 4.78 is 0. The van der Waals surface area contributed by atoms with Crippen molar-refractivity contribution >= 4 is 16.6 Å². The van der Waals surface area contributed by atoms with Crippen LogP contribution in [0.2, 0.25) is 0 Å². The Morgan fingerprint density at radius 3 is 2.60 bits per heavy atom. The third-order valence-corrected chi connectivity index (χ3v) is 7.41. The number of benzene rings is 1. The second-order valence-corrected chi connectivity index (χ2v) is 10.4. The number of aromatic amines is 2. The molecule has 1 atom stereocenters. The molecular weight excluding hydrogens is 494 g/mol. The Labute approximate surface area is 232 Å². The number of hydrogen-bond acceptors (Lipinski definition) is 5. The van der Waals surface area contributed by atoms with E-state index in [0.717, 1.165) is 58.8 Å². The van der Waals surface area contributed by atoms with E-state index in [4.69, 9.17) is 4.98 Å². The Balaban J connectivity index is 1.18. The molecular formula is C33H29N7. The molecule has 1 unspecified atom stereocenters. The van der Waals surface area contributed by atoms with Gasteiger partial charge in [0.15, 0.2) is 0 Å². The highest BCUT2D eigenvalue weighted by atomic mass is 15.1. The van der Waals surface area contributed by atoms with Crippen LogP contribution in [-0.2, 0) is 19.5 Å². The predicted molar refractivity (Wildman–Crippen MR) is 158 cm³/mol. The molecule has 0 fully saturated rings. The number of hydrogen-bond donors (Lipinski definition) is 3. The van der Waals surface area contributed by atoms with E-state index in [1.807, 2.05) is 43.0 Å². The molecule has 6 aromatic rings. The molecule has 7 nitrogen and oxygen atoms in total. The van der Waals surface area contributed by atoms with E-state index in [9.17, 15) is 0 Å². The molecule has 1 aliphatic carbocycles. The molecule has 5 aromatic heterocycles. The normalized spacial score (nSPS) is 14.7. The van der Waals surface area contributed by atoms with Gasteiger partial charge >= 0.3 is 0 Å². The lowest BCUT2D eigenvalue weighted by Crippen LogP contribution is -2.12. The number of rotatable bonds is 7. The number of pyridine rings is 3. The second kappa shape index (κ2) is 10.4. The molecule has 40 heavy (non-hydrogen) atoms. The van der Waals surface area contributed by atoms with Crippen molar-refractivity contribution in [2.75, 3.05) is 0 Å². The minimum Gasteiger partial charge on any atom is -0.356 e. The van der Waals surface area contributed by atoms with Crippen LogP contribution < -0.4 is 5.32 Å². The van der Waals surface area contributed by atoms with Crippen LogP contribution >= 0.6 is 0 Å². The van der Waals surface area contributed by atoms with Crippen molar-refractivity contribution < 1.29 is 0 Å². The summed E-state index contributed by atoms with van der Waals surface area (Å²) in [5.41, 5.74) is 12.6. The van der Waals surface area contributed by atoms with Crippen LogP contribution in [0, 0.1) is 5.92 Å². The van der Waals surface area contributed by atoms with Crippen LogP contribution in [-0.4, -0.2) is 30.1 Å². The van der Waals surface area contributed by atoms with Gasteiger partial charge in [-0.15, -0.1) is 0 Å². The SMILES string of the molecule is CC1C=C(c2ccncc2)c2cc(-c3n[nH]c4ccc(-c5cncc(CNCc6ccccc6)c5)nc34)[nH]c2C1. The van der Waals surface area contributed by atoms with Gasteiger partial charge in [0.25, 0.3) is 0 Å². The van der Waals surface area contributed by atoms with Gasteiger partial charge in [-0.05, 0) is 71.0 Å². The van der Waals surface area contributed by atoms with Crippen molar-refractivity contribution in [3.05, 3.63) is 126 Å². The zero-order valence-corrected chi connectivity index (χ0v) is 22.2. The van der Waals surface area contributed by atoms with E-state index in [-0.39, 0.29) is 0 Å². The lowest BCUT2D eigenvalue weighted by molar-refractivity contribution is 0.691. The average Bonchev–Trinajstić information content (AvgIpc) is 3.61. The molecule has 3 N–H and O–H groups in total. The number of nitrogens with zero attached hydrogens (tertiary/aromatic N) is 4. The summed E-state index contributed by atoms with van der Waals surface area (Å²) in [6.07, 6.45) is 10.8. The predicted octanol–water partition coefficient (Wildman–Crippen LogP) is 6.32. The van der Waals surface area contributed by atoms with Crippen LogP contribution in [0.15, 0.2) is 97.6 Å². The molecule has 7 heteroatoms. The summed E-state index contributed by atoms with van der Waals surface area (Å²) in [5.74, 6) is 0.435. The Morgan fingerprint density at radius 2 is 1.73 bits per heavy atom. The summed E-state index contributed by atoms with van der Waals surface area (Å²) >= 11 is 0. The first kappa shape index (κ1) is 24.2. The van der Waals surface area contributed by atoms with Crippen molar-refractivity contribution in [3.8, 4) is 22.6 Å². The Hall–Kier alpha value is -4.88. The van der Waals surface area contributed by atoms with Crippen molar-refractivity contribution in [1.82, 2.24) is 35.5 Å². The second-order valence-electron chi connectivity index (χ2n) is 10.4. The summed E-state index contributed by atoms with van der Waals surface area (Å²) in [6.45, 7) is 3.79. The summed E-state index contributed by atoms with van der Waals surface area (Å²) in [6, 6.07) is 23.0. The van der Waals surface area contributed by atoms with Crippen molar-refractivity contribution in [2.24, 2.45) is 5.92 Å². The van der Waals surface area contributed by atoms with Crippen molar-refractivity contribution in [3.63, 3.8) is 0 Å². The molecule has 0 radical (unpaired) electrons. The maximum atomic E-state index is 5.05. The number of aromatic nitrogens is 6. The van der Waals surface area contributed by atoms with Gasteiger partial charge in [-0.1, -0.05) is 43.3 Å². The molecule has 0 bridgehead atoms. The quantitative estimate of drug-likeness (QED) is 0.227. The topological polar surface area (TPSA) is 95.2 Å². The molecule has 0 spiro atoms. The molecule has 5 heterocycles. The van der Waals surface area contributed by atoms with Gasteiger partial charge in [-0.3, -0.25) is 15.1 Å². The Morgan fingerprint density at radius 1 is 0.875 bits per heavy atom. The Kier molecular flexibility index (Phi) is 6.26. The van der Waals surface area contributed by atoms with Gasteiger partial charge in [0.05, 0.1) is 16.9 Å². The monoisotopic (exact) mass is 523 g/mol. The van der Waals surface area contributed by atoms with Crippen molar-refractivity contribution in [2.45, 2.75) is 26.4 Å². The zero-order chi connectivity index (χ0) is 26.9. The number of fused-ring (bicyclic) bond motifs is 2. The van der Waals surface area contributed by atoms with E-state index in [1.54, 1.807) is 0 Å². The van der Waals surface area contributed by atoms with Crippen LogP contribution in [0.25, 0.3) is 39.3 Å². The van der Waals surface area contributed by atoms with Gasteiger partial charge in [-0.25, -0.2) is 4.98 Å². The Bertz CT molecular complexity index is 1820. The van der Waals surface area contributed by atoms with E-state index >= 15 is 0 Å². The number of nitrogens with one attached hydrogen (secondary N) is 3. The van der Waals surface area contributed by atoms with Crippen LogP contribution in [0.1, 0.15) is 34.9 Å². The highest BCUT2D eigenvalue weighted by molar-refractivity contribution is 5.92. The fourth-order valence-corrected chi connectivity index (χ4v) is 5.48. The fourth-order valence-electron chi connectivity index (χ4n) is 5.48. The van der Waals surface area contributed by atoms with E-state index in [0.29, 0.717) is 5.92 Å². The fraction of sp³-hybridized carbons (Fsp3) is 0.152. The maximum Gasteiger partial charge on any atom is 0.135 e. The van der Waals surface area contributed by atoms with Gasteiger partial charge in [0, 0.05) is 54.7 Å². The van der Waals surface area contributed by atoms with Gasteiger partial charge in [0.2, 0.25) is 0 Å². The highest BCUT2D eigenvalue weighted by Crippen LogP contribution is 2.37. The molecule has 1 aliphatic rings. The van der Waals surface area contributed by atoms with Gasteiger partial charge in [0.1, 0.15) is 11.2 Å². The molecule has 0 amide bonds. The minimum atomic E-state index is 0.435. The van der Waals surface area contributed by atoms with Crippen molar-refractivity contribution in [1.29, 1.82) is 0 Å².